The van der Waals surface area contributed by atoms with E-state index < -0.39 is 0 Å². The van der Waals surface area contributed by atoms with Gasteiger partial charge in [-0.05, 0) is 44.9 Å². The molecule has 0 amide bonds. The van der Waals surface area contributed by atoms with E-state index in [0.29, 0.717) is 0 Å². The van der Waals surface area contributed by atoms with Gasteiger partial charge in [0.1, 0.15) is 0 Å². The van der Waals surface area contributed by atoms with Crippen molar-refractivity contribution in [3.05, 3.63) is 11.6 Å². The summed E-state index contributed by atoms with van der Waals surface area (Å²) in [5, 5.41) is 6.87. The maximum Gasteiger partial charge on any atom is 0.191 e. The highest BCUT2D eigenvalue weighted by Crippen LogP contribution is 2.26. The molecule has 0 aromatic rings. The molecule has 5 nitrogen and oxygen atoms in total. The zero-order chi connectivity index (χ0) is 16.3. The van der Waals surface area contributed by atoms with E-state index in [0.717, 1.165) is 51.2 Å². The normalized spacial score (nSPS) is 18.9. The van der Waals surface area contributed by atoms with E-state index in [1.165, 1.54) is 38.5 Å². The lowest BCUT2D eigenvalue weighted by atomic mass is 9.97. The summed E-state index contributed by atoms with van der Waals surface area (Å²) >= 11 is 0. The Morgan fingerprint density at radius 2 is 2.09 bits per heavy atom. The molecule has 132 valence electrons. The average molecular weight is 322 g/mol. The molecule has 0 unspecified atom stereocenters. The Morgan fingerprint density at radius 1 is 1.26 bits per heavy atom. The van der Waals surface area contributed by atoms with Gasteiger partial charge in [-0.2, -0.15) is 0 Å². The molecule has 0 heterocycles. The minimum Gasteiger partial charge on any atom is -0.383 e. The lowest BCUT2D eigenvalue weighted by Gasteiger charge is -2.22. The lowest BCUT2D eigenvalue weighted by Crippen LogP contribution is -2.43. The predicted molar refractivity (Wildman–Crippen MR) is 97.0 cm³/mol. The van der Waals surface area contributed by atoms with Crippen LogP contribution in [0.15, 0.2) is 16.6 Å². The Morgan fingerprint density at radius 3 is 2.74 bits per heavy atom. The van der Waals surface area contributed by atoms with Crippen molar-refractivity contribution in [3.8, 4) is 0 Å². The van der Waals surface area contributed by atoms with Crippen molar-refractivity contribution in [2.24, 2.45) is 4.99 Å². The Bertz CT molecular complexity index is 390. The zero-order valence-corrected chi connectivity index (χ0v) is 14.9. The van der Waals surface area contributed by atoms with Crippen LogP contribution in [0.4, 0.5) is 0 Å². The number of guanidine groups is 1. The van der Waals surface area contributed by atoms with E-state index in [9.17, 15) is 0 Å². The van der Waals surface area contributed by atoms with Gasteiger partial charge in [-0.25, -0.2) is 0 Å². The van der Waals surface area contributed by atoms with Crippen LogP contribution in [0.1, 0.15) is 44.9 Å². The highest BCUT2D eigenvalue weighted by Gasteiger charge is 2.28. The van der Waals surface area contributed by atoms with Gasteiger partial charge >= 0.3 is 0 Å². The molecule has 0 saturated heterocycles. The molecule has 2 aliphatic carbocycles. The van der Waals surface area contributed by atoms with Gasteiger partial charge in [0.15, 0.2) is 5.96 Å². The number of allylic oxidation sites excluding steroid dienone is 1. The fourth-order valence-electron chi connectivity index (χ4n) is 3.14. The molecule has 0 radical (unpaired) electrons. The highest BCUT2D eigenvalue weighted by atomic mass is 16.5. The monoisotopic (exact) mass is 322 g/mol. The van der Waals surface area contributed by atoms with Gasteiger partial charge in [-0.3, -0.25) is 9.89 Å². The number of ether oxygens (including phenoxy) is 1. The third kappa shape index (κ3) is 7.36. The second-order valence-electron chi connectivity index (χ2n) is 6.54. The molecule has 23 heavy (non-hydrogen) atoms. The van der Waals surface area contributed by atoms with Crippen molar-refractivity contribution in [1.82, 2.24) is 15.5 Å². The smallest absolute Gasteiger partial charge is 0.191 e. The standard InChI is InChI=1S/C18H34N4O/c1-19-18(20-11-10-16-6-4-3-5-7-16)21-12-13-22(14-15-23-2)17-8-9-17/h6,17H,3-5,7-15H2,1-2H3,(H2,19,20,21). The third-order valence-electron chi connectivity index (χ3n) is 4.68. The molecule has 2 N–H and O–H groups in total. The quantitative estimate of drug-likeness (QED) is 0.368. The van der Waals surface area contributed by atoms with Crippen molar-refractivity contribution in [3.63, 3.8) is 0 Å². The zero-order valence-electron chi connectivity index (χ0n) is 14.9. The van der Waals surface area contributed by atoms with Crippen molar-refractivity contribution >= 4 is 5.96 Å². The fourth-order valence-corrected chi connectivity index (χ4v) is 3.14. The summed E-state index contributed by atoms with van der Waals surface area (Å²) in [6.07, 6.45) is 11.5. The summed E-state index contributed by atoms with van der Waals surface area (Å²) in [5.74, 6) is 0.920. The molecule has 0 spiro atoms. The van der Waals surface area contributed by atoms with Gasteiger partial charge in [0.25, 0.3) is 0 Å². The van der Waals surface area contributed by atoms with E-state index in [4.69, 9.17) is 4.74 Å². The van der Waals surface area contributed by atoms with E-state index in [2.05, 4.69) is 26.6 Å². The molecule has 2 rings (SSSR count). The second-order valence-corrected chi connectivity index (χ2v) is 6.54. The summed E-state index contributed by atoms with van der Waals surface area (Å²) in [5.41, 5.74) is 1.61. The Kier molecular flexibility index (Phi) is 8.47. The third-order valence-corrected chi connectivity index (χ3v) is 4.68. The lowest BCUT2D eigenvalue weighted by molar-refractivity contribution is 0.144. The first-order valence-electron chi connectivity index (χ1n) is 9.19. The number of rotatable bonds is 10. The Hall–Kier alpha value is -1.07. The van der Waals surface area contributed by atoms with E-state index in [1.807, 2.05) is 7.05 Å². The molecule has 0 aromatic carbocycles. The van der Waals surface area contributed by atoms with Crippen molar-refractivity contribution in [1.29, 1.82) is 0 Å². The predicted octanol–water partition coefficient (Wildman–Crippen LogP) is 2.15. The van der Waals surface area contributed by atoms with Crippen LogP contribution in [0.25, 0.3) is 0 Å². The summed E-state index contributed by atoms with van der Waals surface area (Å²) in [4.78, 5) is 6.85. The summed E-state index contributed by atoms with van der Waals surface area (Å²) in [6.45, 7) is 4.81. The topological polar surface area (TPSA) is 48.9 Å². The van der Waals surface area contributed by atoms with Crippen molar-refractivity contribution in [2.75, 3.05) is 46.9 Å². The van der Waals surface area contributed by atoms with Crippen LogP contribution in [-0.4, -0.2) is 63.8 Å². The Labute approximate surface area is 141 Å². The molecule has 0 bridgehead atoms. The molecule has 0 aliphatic heterocycles. The second kappa shape index (κ2) is 10.7. The first-order valence-corrected chi connectivity index (χ1v) is 9.19. The van der Waals surface area contributed by atoms with Gasteiger partial charge in [-0.1, -0.05) is 11.6 Å². The van der Waals surface area contributed by atoms with Crippen LogP contribution >= 0.6 is 0 Å². The van der Waals surface area contributed by atoms with E-state index in [-0.39, 0.29) is 0 Å². The van der Waals surface area contributed by atoms with E-state index in [1.54, 1.807) is 12.7 Å². The molecular formula is C18H34N4O. The number of hydrogen-bond donors (Lipinski definition) is 2. The molecular weight excluding hydrogens is 288 g/mol. The molecule has 2 aliphatic rings. The van der Waals surface area contributed by atoms with Crippen molar-refractivity contribution in [2.45, 2.75) is 51.0 Å². The SMILES string of the molecule is CN=C(NCCC1=CCCCC1)NCCN(CCOC)C1CC1. The molecule has 1 saturated carbocycles. The average Bonchev–Trinajstić information content (AvgIpc) is 3.42. The molecule has 0 atom stereocenters. The molecule has 0 aromatic heterocycles. The van der Waals surface area contributed by atoms with Gasteiger partial charge in [0.2, 0.25) is 0 Å². The number of hydrogen-bond acceptors (Lipinski definition) is 3. The molecule has 1 fully saturated rings. The van der Waals surface area contributed by atoms with Gasteiger partial charge in [0, 0.05) is 46.4 Å². The number of aliphatic imine (C=N–C) groups is 1. The number of nitrogens with zero attached hydrogens (tertiary/aromatic N) is 2. The number of methoxy groups -OCH3 is 1. The maximum atomic E-state index is 5.21. The Balaban J connectivity index is 1.59. The number of nitrogens with one attached hydrogen (secondary N) is 2. The minimum absolute atomic E-state index is 0.778. The maximum absolute atomic E-state index is 5.21. The van der Waals surface area contributed by atoms with Crippen LogP contribution < -0.4 is 10.6 Å². The van der Waals surface area contributed by atoms with Gasteiger partial charge in [-0.15, -0.1) is 0 Å². The first-order chi connectivity index (χ1) is 11.3. The van der Waals surface area contributed by atoms with Crippen molar-refractivity contribution < 1.29 is 4.74 Å². The van der Waals surface area contributed by atoms with Crippen LogP contribution in [0.5, 0.6) is 0 Å². The van der Waals surface area contributed by atoms with Crippen LogP contribution in [0.2, 0.25) is 0 Å². The molecule has 5 heteroatoms. The largest absolute Gasteiger partial charge is 0.383 e. The van der Waals surface area contributed by atoms with Crippen LogP contribution in [-0.2, 0) is 4.74 Å². The summed E-state index contributed by atoms with van der Waals surface area (Å²) in [7, 11) is 3.62. The van der Waals surface area contributed by atoms with Gasteiger partial charge < -0.3 is 15.4 Å². The van der Waals surface area contributed by atoms with Crippen LogP contribution in [0.3, 0.4) is 0 Å². The fraction of sp³-hybridized carbons (Fsp3) is 0.833. The van der Waals surface area contributed by atoms with E-state index >= 15 is 0 Å². The minimum atomic E-state index is 0.778. The highest BCUT2D eigenvalue weighted by molar-refractivity contribution is 5.79. The van der Waals surface area contributed by atoms with Gasteiger partial charge in [0.05, 0.1) is 6.61 Å². The summed E-state index contributed by atoms with van der Waals surface area (Å²) in [6, 6.07) is 0.778. The van der Waals surface area contributed by atoms with Crippen LogP contribution in [0, 0.1) is 0 Å². The first kappa shape index (κ1) is 18.3. The summed E-state index contributed by atoms with van der Waals surface area (Å²) < 4.78 is 5.21.